The molecule has 0 radical (unpaired) electrons. The van der Waals surface area contributed by atoms with Crippen LogP contribution in [0.5, 0.6) is 5.75 Å². The number of hydrogen-bond acceptors (Lipinski definition) is 4. The van der Waals surface area contributed by atoms with Crippen molar-refractivity contribution in [3.8, 4) is 5.75 Å². The Balaban J connectivity index is 1.78. The van der Waals surface area contributed by atoms with Crippen LogP contribution in [0.3, 0.4) is 0 Å². The Kier molecular flexibility index (Phi) is 7.53. The lowest BCUT2D eigenvalue weighted by molar-refractivity contribution is -0.122. The number of amides is 1. The van der Waals surface area contributed by atoms with Crippen LogP contribution in [0.25, 0.3) is 6.08 Å². The number of rotatable bonds is 6. The van der Waals surface area contributed by atoms with Crippen LogP contribution < -0.4 is 4.74 Å². The number of thiocarbonyl (C=S) groups is 1. The van der Waals surface area contributed by atoms with Crippen LogP contribution in [-0.2, 0) is 11.4 Å². The minimum absolute atomic E-state index is 0.0626. The Morgan fingerprint density at radius 3 is 2.55 bits per heavy atom. The highest BCUT2D eigenvalue weighted by Crippen LogP contribution is 2.38. The Hall–Kier alpha value is -1.22. The van der Waals surface area contributed by atoms with E-state index in [1.807, 2.05) is 18.2 Å². The van der Waals surface area contributed by atoms with Crippen molar-refractivity contribution in [2.24, 2.45) is 5.92 Å². The van der Waals surface area contributed by atoms with Crippen LogP contribution in [0.1, 0.15) is 25.0 Å². The van der Waals surface area contributed by atoms with Crippen molar-refractivity contribution in [1.29, 1.82) is 0 Å². The van der Waals surface area contributed by atoms with Gasteiger partial charge in [0.1, 0.15) is 22.5 Å². The summed E-state index contributed by atoms with van der Waals surface area (Å²) >= 11 is 13.7. The number of benzene rings is 2. The molecular weight excluding hydrogens is 541 g/mol. The number of carbonyl (C=O) groups is 1. The van der Waals surface area contributed by atoms with E-state index in [1.165, 1.54) is 23.9 Å². The third-order valence-electron chi connectivity index (χ3n) is 4.01. The average molecular weight is 559 g/mol. The Morgan fingerprint density at radius 1 is 1.24 bits per heavy atom. The third-order valence-corrected chi connectivity index (χ3v) is 6.57. The molecule has 0 unspecified atom stereocenters. The third kappa shape index (κ3) is 5.69. The van der Waals surface area contributed by atoms with Crippen molar-refractivity contribution in [2.45, 2.75) is 20.5 Å². The summed E-state index contributed by atoms with van der Waals surface area (Å²) in [7, 11) is 0. The molecular formula is C21H18Br2FNO2S2. The maximum atomic E-state index is 13.3. The largest absolute Gasteiger partial charge is 0.487 e. The van der Waals surface area contributed by atoms with Crippen molar-refractivity contribution >= 4 is 72.1 Å². The highest BCUT2D eigenvalue weighted by atomic mass is 79.9. The molecule has 1 heterocycles. The van der Waals surface area contributed by atoms with Crippen LogP contribution in [0.2, 0.25) is 0 Å². The van der Waals surface area contributed by atoms with Gasteiger partial charge in [-0.05, 0) is 79.2 Å². The summed E-state index contributed by atoms with van der Waals surface area (Å²) < 4.78 is 21.2. The van der Waals surface area contributed by atoms with Gasteiger partial charge in [-0.3, -0.25) is 9.69 Å². The summed E-state index contributed by atoms with van der Waals surface area (Å²) in [4.78, 5) is 14.9. The number of halogens is 3. The molecule has 0 spiro atoms. The van der Waals surface area contributed by atoms with E-state index in [0.717, 1.165) is 20.1 Å². The summed E-state index contributed by atoms with van der Waals surface area (Å²) in [6.07, 6.45) is 1.82. The SMILES string of the molecule is CC(C)CN1C(=O)/C(=C/c2cc(Br)c(OCc3cccc(F)c3)c(Br)c2)SC1=S. The Bertz CT molecular complexity index is 971. The molecule has 0 atom stereocenters. The fourth-order valence-electron chi connectivity index (χ4n) is 2.76. The molecule has 0 saturated carbocycles. The van der Waals surface area contributed by atoms with Crippen molar-refractivity contribution < 1.29 is 13.9 Å². The van der Waals surface area contributed by atoms with Gasteiger partial charge in [-0.2, -0.15) is 0 Å². The van der Waals surface area contributed by atoms with Gasteiger partial charge in [-0.1, -0.05) is 50.0 Å². The predicted octanol–water partition coefficient (Wildman–Crippen LogP) is 6.79. The quantitative estimate of drug-likeness (QED) is 0.288. The molecule has 8 heteroatoms. The number of hydrogen-bond donors (Lipinski definition) is 0. The minimum atomic E-state index is -0.297. The molecule has 1 aliphatic heterocycles. The van der Waals surface area contributed by atoms with Gasteiger partial charge in [0.05, 0.1) is 13.9 Å². The standard InChI is InChI=1S/C21H18Br2FNO2S2/c1-12(2)10-25-20(26)18(29-21(25)28)9-14-7-16(22)19(17(23)8-14)27-11-13-4-3-5-15(24)6-13/h3-9,12H,10-11H2,1-2H3/b18-9-. The molecule has 0 aromatic heterocycles. The van der Waals surface area contributed by atoms with Crippen LogP contribution in [0, 0.1) is 11.7 Å². The topological polar surface area (TPSA) is 29.5 Å². The molecule has 1 saturated heterocycles. The lowest BCUT2D eigenvalue weighted by Crippen LogP contribution is -2.31. The summed E-state index contributed by atoms with van der Waals surface area (Å²) in [5.74, 6) is 0.593. The van der Waals surface area contributed by atoms with Crippen molar-refractivity contribution in [1.82, 2.24) is 4.90 Å². The molecule has 3 rings (SSSR count). The van der Waals surface area contributed by atoms with E-state index in [0.29, 0.717) is 27.4 Å². The number of carbonyl (C=O) groups excluding carboxylic acids is 1. The monoisotopic (exact) mass is 557 g/mol. The second kappa shape index (κ2) is 9.73. The number of nitrogens with zero attached hydrogens (tertiary/aromatic N) is 1. The summed E-state index contributed by atoms with van der Waals surface area (Å²) in [6, 6.07) is 10.0. The Morgan fingerprint density at radius 2 is 1.93 bits per heavy atom. The van der Waals surface area contributed by atoms with Crippen molar-refractivity contribution in [3.63, 3.8) is 0 Å². The summed E-state index contributed by atoms with van der Waals surface area (Å²) in [5.41, 5.74) is 1.58. The molecule has 0 aliphatic carbocycles. The van der Waals surface area contributed by atoms with E-state index < -0.39 is 0 Å². The first-order chi connectivity index (χ1) is 13.7. The molecule has 3 nitrogen and oxygen atoms in total. The van der Waals surface area contributed by atoms with Gasteiger partial charge in [0, 0.05) is 6.54 Å². The molecule has 29 heavy (non-hydrogen) atoms. The predicted molar refractivity (Wildman–Crippen MR) is 127 cm³/mol. The second-order valence-corrected chi connectivity index (χ2v) is 10.3. The maximum Gasteiger partial charge on any atom is 0.266 e. The molecule has 2 aromatic carbocycles. The van der Waals surface area contributed by atoms with Crippen molar-refractivity contribution in [2.75, 3.05) is 6.54 Å². The molecule has 0 N–H and O–H groups in total. The Labute approximate surface area is 195 Å². The normalized spacial score (nSPS) is 15.7. The zero-order valence-corrected chi connectivity index (χ0v) is 20.6. The fraction of sp³-hybridized carbons (Fsp3) is 0.238. The molecule has 1 amide bonds. The van der Waals surface area contributed by atoms with Crippen LogP contribution in [0.15, 0.2) is 50.2 Å². The first kappa shape index (κ1) is 22.5. The van der Waals surface area contributed by atoms with Gasteiger partial charge in [0.25, 0.3) is 5.91 Å². The van der Waals surface area contributed by atoms with E-state index in [9.17, 15) is 9.18 Å². The minimum Gasteiger partial charge on any atom is -0.487 e. The van der Waals surface area contributed by atoms with Crippen LogP contribution in [-0.4, -0.2) is 21.7 Å². The van der Waals surface area contributed by atoms with E-state index in [1.54, 1.807) is 17.0 Å². The molecule has 2 aromatic rings. The second-order valence-electron chi connectivity index (χ2n) is 6.92. The van der Waals surface area contributed by atoms with E-state index in [2.05, 4.69) is 45.7 Å². The van der Waals surface area contributed by atoms with Crippen LogP contribution in [0.4, 0.5) is 4.39 Å². The van der Waals surface area contributed by atoms with Gasteiger partial charge >= 0.3 is 0 Å². The van der Waals surface area contributed by atoms with E-state index in [-0.39, 0.29) is 18.3 Å². The highest BCUT2D eigenvalue weighted by Gasteiger charge is 2.32. The van der Waals surface area contributed by atoms with Crippen molar-refractivity contribution in [3.05, 3.63) is 67.2 Å². The lowest BCUT2D eigenvalue weighted by atomic mass is 10.2. The first-order valence-corrected chi connectivity index (χ1v) is 11.7. The van der Waals surface area contributed by atoms with Gasteiger partial charge in [0.15, 0.2) is 0 Å². The zero-order chi connectivity index (χ0) is 21.1. The molecule has 1 fully saturated rings. The molecule has 152 valence electrons. The smallest absolute Gasteiger partial charge is 0.266 e. The average Bonchev–Trinajstić information content (AvgIpc) is 2.88. The fourth-order valence-corrected chi connectivity index (χ4v) is 5.48. The van der Waals surface area contributed by atoms with Gasteiger partial charge in [-0.25, -0.2) is 4.39 Å². The van der Waals surface area contributed by atoms with Crippen LogP contribution >= 0.6 is 55.8 Å². The maximum absolute atomic E-state index is 13.3. The van der Waals surface area contributed by atoms with Gasteiger partial charge in [0.2, 0.25) is 0 Å². The summed E-state index contributed by atoms with van der Waals surface area (Å²) in [6.45, 7) is 4.96. The molecule has 1 aliphatic rings. The van der Waals surface area contributed by atoms with E-state index in [4.69, 9.17) is 17.0 Å². The van der Waals surface area contributed by atoms with Gasteiger partial charge in [-0.15, -0.1) is 0 Å². The summed E-state index contributed by atoms with van der Waals surface area (Å²) in [5, 5.41) is 0. The number of ether oxygens (including phenoxy) is 1. The number of thioether (sulfide) groups is 1. The van der Waals surface area contributed by atoms with E-state index >= 15 is 0 Å². The highest BCUT2D eigenvalue weighted by molar-refractivity contribution is 9.11. The van der Waals surface area contributed by atoms with Gasteiger partial charge < -0.3 is 4.74 Å². The lowest BCUT2D eigenvalue weighted by Gasteiger charge is -2.16. The zero-order valence-electron chi connectivity index (χ0n) is 15.7. The first-order valence-electron chi connectivity index (χ1n) is 8.86. The molecule has 0 bridgehead atoms.